The highest BCUT2D eigenvalue weighted by atomic mass is 35.5. The van der Waals surface area contributed by atoms with Crippen molar-refractivity contribution in [3.05, 3.63) is 34.9 Å². The molecule has 1 unspecified atom stereocenters. The van der Waals surface area contributed by atoms with Crippen LogP contribution in [0.1, 0.15) is 24.3 Å². The lowest BCUT2D eigenvalue weighted by Gasteiger charge is -2.35. The van der Waals surface area contributed by atoms with E-state index in [1.807, 2.05) is 29.2 Å². The van der Waals surface area contributed by atoms with Crippen molar-refractivity contribution in [2.75, 3.05) is 33.2 Å². The van der Waals surface area contributed by atoms with Crippen molar-refractivity contribution in [2.45, 2.75) is 18.8 Å². The van der Waals surface area contributed by atoms with Crippen LogP contribution in [0.4, 0.5) is 0 Å². The van der Waals surface area contributed by atoms with Crippen LogP contribution in [0.25, 0.3) is 0 Å². The van der Waals surface area contributed by atoms with Gasteiger partial charge in [-0.2, -0.15) is 0 Å². The molecule has 1 saturated heterocycles. The van der Waals surface area contributed by atoms with Crippen molar-refractivity contribution < 1.29 is 4.79 Å². The summed E-state index contributed by atoms with van der Waals surface area (Å²) in [4.78, 5) is 17.2. The molecule has 1 aliphatic carbocycles. The van der Waals surface area contributed by atoms with Crippen LogP contribution in [0.2, 0.25) is 5.02 Å². The zero-order valence-corrected chi connectivity index (χ0v) is 12.6. The molecule has 3 rings (SSSR count). The normalized spacial score (nSPS) is 21.8. The minimum atomic E-state index is 0.0377. The van der Waals surface area contributed by atoms with Crippen LogP contribution in [0, 0.1) is 5.92 Å². The van der Waals surface area contributed by atoms with Gasteiger partial charge < -0.3 is 9.80 Å². The number of nitrogens with zero attached hydrogens (tertiary/aromatic N) is 2. The van der Waals surface area contributed by atoms with Crippen molar-refractivity contribution in [3.63, 3.8) is 0 Å². The standard InChI is InChI=1S/C16H21ClN2O/c1-18-8-10-19(11-9-18)16(20)15(12-2-3-12)13-4-6-14(17)7-5-13/h4-7,12,15H,2-3,8-11H2,1H3. The molecule has 1 heterocycles. The Morgan fingerprint density at radius 1 is 1.15 bits per heavy atom. The monoisotopic (exact) mass is 292 g/mol. The van der Waals surface area contributed by atoms with Crippen LogP contribution in [0.15, 0.2) is 24.3 Å². The van der Waals surface area contributed by atoms with Gasteiger partial charge in [0, 0.05) is 31.2 Å². The van der Waals surface area contributed by atoms with Gasteiger partial charge in [0.25, 0.3) is 0 Å². The van der Waals surface area contributed by atoms with E-state index in [2.05, 4.69) is 11.9 Å². The number of hydrogen-bond donors (Lipinski definition) is 0. The maximum Gasteiger partial charge on any atom is 0.230 e. The van der Waals surface area contributed by atoms with Crippen molar-refractivity contribution in [2.24, 2.45) is 5.92 Å². The third-order valence-corrected chi connectivity index (χ3v) is 4.66. The fraction of sp³-hybridized carbons (Fsp3) is 0.562. The van der Waals surface area contributed by atoms with E-state index >= 15 is 0 Å². The number of rotatable bonds is 3. The molecule has 1 amide bonds. The van der Waals surface area contributed by atoms with E-state index < -0.39 is 0 Å². The Hall–Kier alpha value is -1.06. The van der Waals surface area contributed by atoms with Crippen molar-refractivity contribution in [3.8, 4) is 0 Å². The summed E-state index contributed by atoms with van der Waals surface area (Å²) in [6.45, 7) is 3.66. The van der Waals surface area contributed by atoms with Crippen LogP contribution in [0.5, 0.6) is 0 Å². The molecule has 1 saturated carbocycles. The SMILES string of the molecule is CN1CCN(C(=O)C(c2ccc(Cl)cc2)C2CC2)CC1. The van der Waals surface area contributed by atoms with E-state index in [-0.39, 0.29) is 5.92 Å². The number of benzene rings is 1. The van der Waals surface area contributed by atoms with Crippen LogP contribution >= 0.6 is 11.6 Å². The van der Waals surface area contributed by atoms with Crippen molar-refractivity contribution in [1.82, 2.24) is 9.80 Å². The van der Waals surface area contributed by atoms with E-state index in [0.717, 1.165) is 36.8 Å². The molecule has 1 aromatic rings. The van der Waals surface area contributed by atoms with Crippen LogP contribution < -0.4 is 0 Å². The van der Waals surface area contributed by atoms with Gasteiger partial charge in [-0.25, -0.2) is 0 Å². The topological polar surface area (TPSA) is 23.6 Å². The molecule has 1 atom stereocenters. The van der Waals surface area contributed by atoms with E-state index in [4.69, 9.17) is 11.6 Å². The van der Waals surface area contributed by atoms with Gasteiger partial charge in [-0.1, -0.05) is 23.7 Å². The third kappa shape index (κ3) is 2.99. The van der Waals surface area contributed by atoms with Crippen molar-refractivity contribution >= 4 is 17.5 Å². The Morgan fingerprint density at radius 2 is 1.75 bits per heavy atom. The average Bonchev–Trinajstić information content (AvgIpc) is 3.26. The number of likely N-dealkylation sites (N-methyl/N-ethyl adjacent to an activating group) is 1. The molecule has 0 bridgehead atoms. The lowest BCUT2D eigenvalue weighted by atomic mass is 9.92. The summed E-state index contributed by atoms with van der Waals surface area (Å²) in [5.41, 5.74) is 1.13. The maximum atomic E-state index is 12.8. The highest BCUT2D eigenvalue weighted by Gasteiger charge is 2.39. The number of hydrogen-bond acceptors (Lipinski definition) is 2. The highest BCUT2D eigenvalue weighted by molar-refractivity contribution is 6.30. The number of halogens is 1. The molecule has 0 radical (unpaired) electrons. The van der Waals surface area contributed by atoms with Crippen molar-refractivity contribution in [1.29, 1.82) is 0 Å². The zero-order valence-electron chi connectivity index (χ0n) is 11.9. The largest absolute Gasteiger partial charge is 0.340 e. The summed E-state index contributed by atoms with van der Waals surface area (Å²) in [6.07, 6.45) is 2.35. The molecular formula is C16H21ClN2O. The Balaban J connectivity index is 1.76. The summed E-state index contributed by atoms with van der Waals surface area (Å²) < 4.78 is 0. The third-order valence-electron chi connectivity index (χ3n) is 4.40. The molecule has 4 heteroatoms. The van der Waals surface area contributed by atoms with E-state index in [1.54, 1.807) is 0 Å². The molecule has 3 nitrogen and oxygen atoms in total. The fourth-order valence-electron chi connectivity index (χ4n) is 2.94. The minimum absolute atomic E-state index is 0.0377. The molecule has 2 fully saturated rings. The number of piperazine rings is 1. The summed E-state index contributed by atoms with van der Waals surface area (Å²) in [6, 6.07) is 7.81. The van der Waals surface area contributed by atoms with E-state index in [0.29, 0.717) is 11.8 Å². The molecular weight excluding hydrogens is 272 g/mol. The molecule has 0 N–H and O–H groups in total. The predicted octanol–water partition coefficient (Wildman–Crippen LogP) is 2.61. The number of carbonyl (C=O) groups is 1. The van der Waals surface area contributed by atoms with E-state index in [1.165, 1.54) is 12.8 Å². The van der Waals surface area contributed by atoms with Gasteiger partial charge in [-0.3, -0.25) is 4.79 Å². The lowest BCUT2D eigenvalue weighted by Crippen LogP contribution is -2.48. The van der Waals surface area contributed by atoms with E-state index in [9.17, 15) is 4.79 Å². The first-order valence-electron chi connectivity index (χ1n) is 7.38. The van der Waals surface area contributed by atoms with Gasteiger partial charge in [0.05, 0.1) is 5.92 Å². The summed E-state index contributed by atoms with van der Waals surface area (Å²) in [5, 5.41) is 0.732. The smallest absolute Gasteiger partial charge is 0.230 e. The second-order valence-corrected chi connectivity index (χ2v) is 6.43. The molecule has 1 aliphatic heterocycles. The molecule has 108 valence electrons. The molecule has 0 aromatic heterocycles. The quantitative estimate of drug-likeness (QED) is 0.855. The zero-order chi connectivity index (χ0) is 14.1. The minimum Gasteiger partial charge on any atom is -0.340 e. The predicted molar refractivity (Wildman–Crippen MR) is 81.0 cm³/mol. The van der Waals surface area contributed by atoms with Gasteiger partial charge in [0.1, 0.15) is 0 Å². The second-order valence-electron chi connectivity index (χ2n) is 6.00. The first-order valence-corrected chi connectivity index (χ1v) is 7.76. The van der Waals surface area contributed by atoms with Crippen LogP contribution in [-0.4, -0.2) is 48.9 Å². The van der Waals surface area contributed by atoms with Gasteiger partial charge in [-0.05, 0) is 43.5 Å². The first-order chi connectivity index (χ1) is 9.65. The number of carbonyl (C=O) groups excluding carboxylic acids is 1. The molecule has 20 heavy (non-hydrogen) atoms. The van der Waals surface area contributed by atoms with Crippen LogP contribution in [-0.2, 0) is 4.79 Å². The molecule has 2 aliphatic rings. The fourth-order valence-corrected chi connectivity index (χ4v) is 3.07. The first kappa shape index (κ1) is 13.9. The Morgan fingerprint density at radius 3 is 2.30 bits per heavy atom. The second kappa shape index (κ2) is 5.74. The summed E-state index contributed by atoms with van der Waals surface area (Å²) >= 11 is 5.96. The Bertz CT molecular complexity index is 476. The molecule has 0 spiro atoms. The Kier molecular flexibility index (Phi) is 3.99. The highest BCUT2D eigenvalue weighted by Crippen LogP contribution is 2.43. The van der Waals surface area contributed by atoms with Gasteiger partial charge in [0.2, 0.25) is 5.91 Å². The number of amides is 1. The van der Waals surface area contributed by atoms with Gasteiger partial charge >= 0.3 is 0 Å². The molecule has 1 aromatic carbocycles. The lowest BCUT2D eigenvalue weighted by molar-refractivity contribution is -0.134. The summed E-state index contributed by atoms with van der Waals surface area (Å²) in [5.74, 6) is 0.877. The average molecular weight is 293 g/mol. The maximum absolute atomic E-state index is 12.8. The Labute approximate surface area is 125 Å². The van der Waals surface area contributed by atoms with Crippen LogP contribution in [0.3, 0.4) is 0 Å². The van der Waals surface area contributed by atoms with Gasteiger partial charge in [-0.15, -0.1) is 0 Å². The summed E-state index contributed by atoms with van der Waals surface area (Å²) in [7, 11) is 2.11. The van der Waals surface area contributed by atoms with Gasteiger partial charge in [0.15, 0.2) is 0 Å².